The zero-order chi connectivity index (χ0) is 29.4. The summed E-state index contributed by atoms with van der Waals surface area (Å²) in [6, 6.07) is 12.1. The number of rotatable bonds is 1. The number of halogens is 1. The number of hydrogen-bond acceptors (Lipinski definition) is 6. The van der Waals surface area contributed by atoms with Crippen molar-refractivity contribution in [1.29, 1.82) is 0 Å². The molecule has 1 spiro atoms. The molecule has 2 aliphatic heterocycles. The number of anilines is 1. The normalized spacial score (nSPS) is 30.3. The Hall–Kier alpha value is -3.03. The Bertz CT molecular complexity index is 1380. The van der Waals surface area contributed by atoms with Gasteiger partial charge in [-0.05, 0) is 91.3 Å². The van der Waals surface area contributed by atoms with E-state index in [0.29, 0.717) is 25.5 Å². The van der Waals surface area contributed by atoms with Crippen molar-refractivity contribution >= 4 is 29.2 Å². The molecule has 2 aromatic rings. The summed E-state index contributed by atoms with van der Waals surface area (Å²) < 4.78 is 11.8. The second kappa shape index (κ2) is 11.9. The van der Waals surface area contributed by atoms with Gasteiger partial charge in [0.05, 0.1) is 31.4 Å². The maximum absolute atomic E-state index is 13.2. The van der Waals surface area contributed by atoms with Gasteiger partial charge in [0.1, 0.15) is 5.75 Å². The molecule has 4 aliphatic rings. The number of hydrogen-bond donors (Lipinski definition) is 1. The van der Waals surface area contributed by atoms with E-state index in [1.54, 1.807) is 11.9 Å². The molecule has 2 aromatic carbocycles. The average Bonchev–Trinajstić information content (AvgIpc) is 3.12. The van der Waals surface area contributed by atoms with Crippen LogP contribution in [0.4, 0.5) is 5.69 Å². The van der Waals surface area contributed by atoms with Gasteiger partial charge in [-0.2, -0.15) is 0 Å². The van der Waals surface area contributed by atoms with Gasteiger partial charge in [0.15, 0.2) is 0 Å². The SMILES string of the molecule is COC(=O)[C@@H]1CC(=O)N(C)CC/C=C/[C@H](O)[C@@H]2CC[C@H]2CN2C[C@@]3(CCCc4cc(Cl)ccc43)COc3ccc1cc32. The second-order valence-corrected chi connectivity index (χ2v) is 13.1. The average molecular weight is 593 g/mol. The van der Waals surface area contributed by atoms with Crippen molar-refractivity contribution in [3.63, 3.8) is 0 Å². The first-order valence-electron chi connectivity index (χ1n) is 15.2. The smallest absolute Gasteiger partial charge is 0.313 e. The summed E-state index contributed by atoms with van der Waals surface area (Å²) in [5, 5.41) is 11.9. The van der Waals surface area contributed by atoms with Gasteiger partial charge >= 0.3 is 5.97 Å². The fourth-order valence-corrected chi connectivity index (χ4v) is 7.68. The monoisotopic (exact) mass is 592 g/mol. The van der Waals surface area contributed by atoms with E-state index in [-0.39, 0.29) is 23.7 Å². The zero-order valence-electron chi connectivity index (χ0n) is 24.6. The van der Waals surface area contributed by atoms with Gasteiger partial charge in [-0.25, -0.2) is 0 Å². The van der Waals surface area contributed by atoms with Crippen molar-refractivity contribution in [2.24, 2.45) is 11.8 Å². The predicted molar refractivity (Wildman–Crippen MR) is 163 cm³/mol. The van der Waals surface area contributed by atoms with E-state index in [1.165, 1.54) is 18.2 Å². The molecule has 42 heavy (non-hydrogen) atoms. The van der Waals surface area contributed by atoms with Crippen LogP contribution in [-0.4, -0.2) is 68.4 Å². The molecule has 6 rings (SSSR count). The lowest BCUT2D eigenvalue weighted by Crippen LogP contribution is -2.49. The van der Waals surface area contributed by atoms with Crippen molar-refractivity contribution in [2.75, 3.05) is 45.3 Å². The van der Waals surface area contributed by atoms with Crippen LogP contribution < -0.4 is 9.64 Å². The minimum atomic E-state index is -0.714. The largest absolute Gasteiger partial charge is 0.490 e. The molecule has 2 heterocycles. The number of nitrogens with zero attached hydrogens (tertiary/aromatic N) is 2. The highest BCUT2D eigenvalue weighted by Crippen LogP contribution is 2.47. The molecule has 0 unspecified atom stereocenters. The molecule has 1 fully saturated rings. The van der Waals surface area contributed by atoms with E-state index in [9.17, 15) is 14.7 Å². The number of benzene rings is 2. The standard InChI is InChI=1S/C34H41ClN2O5/c1-36-15-4-3-7-30(38)26-11-8-24(26)19-37-20-34(14-5-6-23-16-25(35)10-12-28(23)34)21-42-31-13-9-22(17-29(31)37)27(18-32(36)39)33(40)41-2/h3,7,9-10,12-13,16-17,24,26-27,30,38H,4-6,8,11,14-15,18-21H2,1-2H3/b7-3+/t24-,26+,27+,30-,34-/m0/s1. The Labute approximate surface area is 253 Å². The van der Waals surface area contributed by atoms with E-state index < -0.39 is 18.0 Å². The number of fused-ring (bicyclic) bond motifs is 4. The molecule has 2 bridgehead atoms. The number of methoxy groups -OCH3 is 1. The van der Waals surface area contributed by atoms with Crippen LogP contribution in [0.5, 0.6) is 5.75 Å². The van der Waals surface area contributed by atoms with Gasteiger partial charge < -0.3 is 24.4 Å². The van der Waals surface area contributed by atoms with Crippen LogP contribution in [0.1, 0.15) is 61.1 Å². The minimum absolute atomic E-state index is 0.0257. The molecule has 1 N–H and O–H groups in total. The number of aliphatic hydroxyl groups is 1. The first kappa shape index (κ1) is 29.1. The molecular formula is C34H41ClN2O5. The first-order chi connectivity index (χ1) is 20.3. The topological polar surface area (TPSA) is 79.3 Å². The number of carbonyl (C=O) groups is 2. The van der Waals surface area contributed by atoms with Crippen molar-refractivity contribution < 1.29 is 24.2 Å². The van der Waals surface area contributed by atoms with Crippen LogP contribution in [0.2, 0.25) is 5.02 Å². The van der Waals surface area contributed by atoms with Crippen LogP contribution in [0, 0.1) is 11.8 Å². The predicted octanol–water partition coefficient (Wildman–Crippen LogP) is 5.27. The summed E-state index contributed by atoms with van der Waals surface area (Å²) in [6.07, 6.45) is 9.15. The van der Waals surface area contributed by atoms with Gasteiger partial charge in [0, 0.05) is 43.5 Å². The minimum Gasteiger partial charge on any atom is -0.490 e. The highest BCUT2D eigenvalue weighted by Gasteiger charge is 2.44. The summed E-state index contributed by atoms with van der Waals surface area (Å²) in [4.78, 5) is 30.3. The van der Waals surface area contributed by atoms with Crippen molar-refractivity contribution in [3.8, 4) is 5.75 Å². The van der Waals surface area contributed by atoms with Crippen LogP contribution in [-0.2, 0) is 26.2 Å². The van der Waals surface area contributed by atoms with Gasteiger partial charge in [-0.3, -0.25) is 9.59 Å². The molecule has 5 atom stereocenters. The second-order valence-electron chi connectivity index (χ2n) is 12.6. The Kier molecular flexibility index (Phi) is 8.25. The van der Waals surface area contributed by atoms with E-state index >= 15 is 0 Å². The Balaban J connectivity index is 1.44. The molecule has 7 nitrogen and oxygen atoms in total. The van der Waals surface area contributed by atoms with Crippen molar-refractivity contribution in [1.82, 2.24) is 4.90 Å². The number of aliphatic hydroxyl groups excluding tert-OH is 1. The molecule has 0 saturated heterocycles. The lowest BCUT2D eigenvalue weighted by atomic mass is 9.68. The van der Waals surface area contributed by atoms with E-state index in [2.05, 4.69) is 17.0 Å². The first-order valence-corrected chi connectivity index (χ1v) is 15.6. The molecule has 0 aromatic heterocycles. The van der Waals surface area contributed by atoms with Crippen LogP contribution in [0.15, 0.2) is 48.6 Å². The Morgan fingerprint density at radius 3 is 2.83 bits per heavy atom. The van der Waals surface area contributed by atoms with Gasteiger partial charge in [-0.1, -0.05) is 35.9 Å². The van der Waals surface area contributed by atoms with Gasteiger partial charge in [0.25, 0.3) is 0 Å². The molecule has 2 aliphatic carbocycles. The molecule has 1 amide bonds. The van der Waals surface area contributed by atoms with Crippen LogP contribution >= 0.6 is 11.6 Å². The van der Waals surface area contributed by atoms with E-state index in [0.717, 1.165) is 67.2 Å². The maximum atomic E-state index is 13.2. The zero-order valence-corrected chi connectivity index (χ0v) is 25.3. The van der Waals surface area contributed by atoms with Gasteiger partial charge in [-0.15, -0.1) is 0 Å². The lowest BCUT2D eigenvalue weighted by molar-refractivity contribution is -0.145. The maximum Gasteiger partial charge on any atom is 0.313 e. The van der Waals surface area contributed by atoms with Crippen LogP contribution in [0.3, 0.4) is 0 Å². The lowest BCUT2D eigenvalue weighted by Gasteiger charge is -2.45. The number of aryl methyl sites for hydroxylation is 1. The van der Waals surface area contributed by atoms with Crippen molar-refractivity contribution in [3.05, 3.63) is 70.3 Å². The number of carbonyl (C=O) groups excluding carboxylic acids is 2. The Morgan fingerprint density at radius 1 is 1.19 bits per heavy atom. The summed E-state index contributed by atoms with van der Waals surface area (Å²) in [7, 11) is 3.13. The number of ether oxygens (including phenoxy) is 2. The number of esters is 1. The van der Waals surface area contributed by atoms with Crippen molar-refractivity contribution in [2.45, 2.75) is 62.4 Å². The van der Waals surface area contributed by atoms with E-state index in [4.69, 9.17) is 21.1 Å². The summed E-state index contributed by atoms with van der Waals surface area (Å²) in [5.74, 6) is 0.0361. The fraction of sp³-hybridized carbons (Fsp3) is 0.529. The quantitative estimate of drug-likeness (QED) is 0.359. The van der Waals surface area contributed by atoms with Crippen LogP contribution in [0.25, 0.3) is 0 Å². The summed E-state index contributed by atoms with van der Waals surface area (Å²) >= 11 is 6.41. The highest BCUT2D eigenvalue weighted by molar-refractivity contribution is 6.30. The highest BCUT2D eigenvalue weighted by atomic mass is 35.5. The number of amides is 1. The molecule has 1 saturated carbocycles. The molecule has 224 valence electrons. The fourth-order valence-electron chi connectivity index (χ4n) is 7.48. The molecule has 0 radical (unpaired) electrons. The summed E-state index contributed by atoms with van der Waals surface area (Å²) in [5.41, 5.74) is 4.06. The third-order valence-corrected chi connectivity index (χ3v) is 10.3. The third-order valence-electron chi connectivity index (χ3n) is 10.1. The summed E-state index contributed by atoms with van der Waals surface area (Å²) in [6.45, 7) is 2.61. The molecule has 8 heteroatoms. The van der Waals surface area contributed by atoms with Gasteiger partial charge in [0.2, 0.25) is 5.91 Å². The Morgan fingerprint density at radius 2 is 2.05 bits per heavy atom. The molecular weight excluding hydrogens is 552 g/mol. The van der Waals surface area contributed by atoms with E-state index in [1.807, 2.05) is 36.4 Å². The third kappa shape index (κ3) is 5.53.